The van der Waals surface area contributed by atoms with E-state index in [0.29, 0.717) is 5.92 Å². The summed E-state index contributed by atoms with van der Waals surface area (Å²) in [5, 5.41) is 3.25. The van der Waals surface area contributed by atoms with Gasteiger partial charge in [-0.1, -0.05) is 13.8 Å². The zero-order valence-corrected chi connectivity index (χ0v) is 9.92. The third kappa shape index (κ3) is 4.73. The molecule has 1 aromatic carbocycles. The first-order valence-electron chi connectivity index (χ1n) is 5.69. The van der Waals surface area contributed by atoms with Crippen LogP contribution in [0.15, 0.2) is 24.3 Å². The lowest BCUT2D eigenvalue weighted by molar-refractivity contribution is 0.289. The van der Waals surface area contributed by atoms with Gasteiger partial charge in [-0.3, -0.25) is 0 Å². The van der Waals surface area contributed by atoms with Gasteiger partial charge in [0.25, 0.3) is 0 Å². The van der Waals surface area contributed by atoms with Crippen LogP contribution in [0.2, 0.25) is 0 Å². The summed E-state index contributed by atoms with van der Waals surface area (Å²) in [6.07, 6.45) is 1.11. The molecule has 1 N–H and O–H groups in total. The first-order valence-corrected chi connectivity index (χ1v) is 5.69. The summed E-state index contributed by atoms with van der Waals surface area (Å²) in [5.41, 5.74) is 1.15. The second-order valence-corrected chi connectivity index (χ2v) is 4.09. The van der Waals surface area contributed by atoms with Crippen molar-refractivity contribution in [2.45, 2.75) is 27.2 Å². The van der Waals surface area contributed by atoms with Crippen LogP contribution in [0.4, 0.5) is 5.69 Å². The molecule has 0 unspecified atom stereocenters. The summed E-state index contributed by atoms with van der Waals surface area (Å²) in [6, 6.07) is 8.12. The highest BCUT2D eigenvalue weighted by Gasteiger charge is 1.96. The Bertz CT molecular complexity index is 266. The minimum absolute atomic E-state index is 0.700. The van der Waals surface area contributed by atoms with Crippen molar-refractivity contribution in [1.82, 2.24) is 0 Å². The van der Waals surface area contributed by atoms with Gasteiger partial charge in [-0.15, -0.1) is 0 Å². The van der Waals surface area contributed by atoms with Crippen LogP contribution in [-0.4, -0.2) is 13.2 Å². The molecule has 15 heavy (non-hydrogen) atoms. The Labute approximate surface area is 92.6 Å². The fourth-order valence-corrected chi connectivity index (χ4v) is 1.29. The van der Waals surface area contributed by atoms with Crippen molar-refractivity contribution in [1.29, 1.82) is 0 Å². The summed E-state index contributed by atoms with van der Waals surface area (Å²) < 4.78 is 5.62. The van der Waals surface area contributed by atoms with Crippen molar-refractivity contribution in [3.05, 3.63) is 24.3 Å². The van der Waals surface area contributed by atoms with Gasteiger partial charge in [-0.05, 0) is 43.5 Å². The fourth-order valence-electron chi connectivity index (χ4n) is 1.29. The van der Waals surface area contributed by atoms with E-state index in [4.69, 9.17) is 4.74 Å². The molecule has 0 saturated carbocycles. The molecular formula is C13H21NO. The molecule has 0 atom stereocenters. The molecule has 0 bridgehead atoms. The van der Waals surface area contributed by atoms with E-state index in [0.717, 1.165) is 31.0 Å². The molecule has 0 fully saturated rings. The van der Waals surface area contributed by atoms with Gasteiger partial charge in [0, 0.05) is 12.2 Å². The minimum atomic E-state index is 0.700. The SMILES string of the molecule is CCNc1ccc(OCCC(C)C)cc1. The average molecular weight is 207 g/mol. The number of hydrogen-bond donors (Lipinski definition) is 1. The van der Waals surface area contributed by atoms with Gasteiger partial charge < -0.3 is 10.1 Å². The number of benzene rings is 1. The summed E-state index contributed by atoms with van der Waals surface area (Å²) >= 11 is 0. The third-order valence-electron chi connectivity index (χ3n) is 2.20. The Morgan fingerprint density at radius 2 is 1.87 bits per heavy atom. The smallest absolute Gasteiger partial charge is 0.119 e. The van der Waals surface area contributed by atoms with Crippen LogP contribution in [-0.2, 0) is 0 Å². The second-order valence-electron chi connectivity index (χ2n) is 4.09. The highest BCUT2D eigenvalue weighted by Crippen LogP contribution is 2.16. The highest BCUT2D eigenvalue weighted by molar-refractivity contribution is 5.46. The number of anilines is 1. The number of rotatable bonds is 6. The summed E-state index contributed by atoms with van der Waals surface area (Å²) in [7, 11) is 0. The van der Waals surface area contributed by atoms with E-state index in [1.165, 1.54) is 0 Å². The van der Waals surface area contributed by atoms with Crippen molar-refractivity contribution in [3.8, 4) is 5.75 Å². The van der Waals surface area contributed by atoms with Crippen molar-refractivity contribution in [2.24, 2.45) is 5.92 Å². The Morgan fingerprint density at radius 1 is 1.20 bits per heavy atom. The molecule has 2 heteroatoms. The van der Waals surface area contributed by atoms with Crippen LogP contribution in [0, 0.1) is 5.92 Å². The molecule has 0 radical (unpaired) electrons. The molecule has 2 nitrogen and oxygen atoms in total. The summed E-state index contributed by atoms with van der Waals surface area (Å²) in [5.74, 6) is 1.66. The fraction of sp³-hybridized carbons (Fsp3) is 0.538. The lowest BCUT2D eigenvalue weighted by Gasteiger charge is -2.09. The van der Waals surface area contributed by atoms with Gasteiger partial charge in [0.2, 0.25) is 0 Å². The lowest BCUT2D eigenvalue weighted by Crippen LogP contribution is -2.01. The number of nitrogens with one attached hydrogen (secondary N) is 1. The van der Waals surface area contributed by atoms with E-state index in [9.17, 15) is 0 Å². The first-order chi connectivity index (χ1) is 7.22. The van der Waals surface area contributed by atoms with E-state index in [1.807, 2.05) is 24.3 Å². The van der Waals surface area contributed by atoms with Crippen molar-refractivity contribution >= 4 is 5.69 Å². The molecule has 0 aliphatic heterocycles. The zero-order valence-electron chi connectivity index (χ0n) is 9.92. The largest absolute Gasteiger partial charge is 0.494 e. The average Bonchev–Trinajstić information content (AvgIpc) is 2.20. The molecule has 0 saturated heterocycles. The van der Waals surface area contributed by atoms with Crippen LogP contribution in [0.1, 0.15) is 27.2 Å². The minimum Gasteiger partial charge on any atom is -0.494 e. The maximum Gasteiger partial charge on any atom is 0.119 e. The van der Waals surface area contributed by atoms with Gasteiger partial charge in [-0.25, -0.2) is 0 Å². The summed E-state index contributed by atoms with van der Waals surface area (Å²) in [4.78, 5) is 0. The van der Waals surface area contributed by atoms with Gasteiger partial charge in [0.05, 0.1) is 6.61 Å². The molecule has 1 aromatic rings. The monoisotopic (exact) mass is 207 g/mol. The van der Waals surface area contributed by atoms with Crippen LogP contribution in [0.5, 0.6) is 5.75 Å². The molecule has 0 aromatic heterocycles. The Hall–Kier alpha value is -1.18. The molecule has 0 spiro atoms. The maximum atomic E-state index is 5.62. The Morgan fingerprint density at radius 3 is 2.40 bits per heavy atom. The van der Waals surface area contributed by atoms with Crippen molar-refractivity contribution < 1.29 is 4.74 Å². The predicted octanol–water partition coefficient (Wildman–Crippen LogP) is 3.54. The third-order valence-corrected chi connectivity index (χ3v) is 2.20. The molecule has 0 amide bonds. The zero-order chi connectivity index (χ0) is 11.1. The van der Waals surface area contributed by atoms with E-state index in [1.54, 1.807) is 0 Å². The highest BCUT2D eigenvalue weighted by atomic mass is 16.5. The van der Waals surface area contributed by atoms with Crippen LogP contribution < -0.4 is 10.1 Å². The number of ether oxygens (including phenoxy) is 1. The molecular weight excluding hydrogens is 186 g/mol. The summed E-state index contributed by atoms with van der Waals surface area (Å²) in [6.45, 7) is 8.26. The lowest BCUT2D eigenvalue weighted by atomic mass is 10.1. The standard InChI is InChI=1S/C13H21NO/c1-4-14-12-5-7-13(8-6-12)15-10-9-11(2)3/h5-8,11,14H,4,9-10H2,1-3H3. The molecule has 84 valence electrons. The van der Waals surface area contributed by atoms with Gasteiger partial charge in [-0.2, -0.15) is 0 Å². The second kappa shape index (κ2) is 6.33. The van der Waals surface area contributed by atoms with Gasteiger partial charge >= 0.3 is 0 Å². The van der Waals surface area contributed by atoms with Crippen LogP contribution in [0.25, 0.3) is 0 Å². The predicted molar refractivity (Wildman–Crippen MR) is 65.6 cm³/mol. The van der Waals surface area contributed by atoms with Gasteiger partial charge in [0.1, 0.15) is 5.75 Å². The van der Waals surface area contributed by atoms with E-state index >= 15 is 0 Å². The van der Waals surface area contributed by atoms with Crippen LogP contribution in [0.3, 0.4) is 0 Å². The topological polar surface area (TPSA) is 21.3 Å². The first kappa shape index (κ1) is 11.9. The normalized spacial score (nSPS) is 10.4. The van der Waals surface area contributed by atoms with Gasteiger partial charge in [0.15, 0.2) is 0 Å². The molecule has 0 aliphatic rings. The van der Waals surface area contributed by atoms with E-state index in [2.05, 4.69) is 26.1 Å². The van der Waals surface area contributed by atoms with Crippen molar-refractivity contribution in [3.63, 3.8) is 0 Å². The maximum absolute atomic E-state index is 5.62. The quantitative estimate of drug-likeness (QED) is 0.770. The Balaban J connectivity index is 2.36. The van der Waals surface area contributed by atoms with Crippen LogP contribution >= 0.6 is 0 Å². The molecule has 1 rings (SSSR count). The van der Waals surface area contributed by atoms with E-state index < -0.39 is 0 Å². The number of hydrogen-bond acceptors (Lipinski definition) is 2. The Kier molecular flexibility index (Phi) is 5.02. The molecule has 0 heterocycles. The molecule has 0 aliphatic carbocycles. The van der Waals surface area contributed by atoms with Crippen molar-refractivity contribution in [2.75, 3.05) is 18.5 Å². The van der Waals surface area contributed by atoms with E-state index in [-0.39, 0.29) is 0 Å².